The Balaban J connectivity index is 2.03. The molecule has 3 aromatic heterocycles. The lowest BCUT2D eigenvalue weighted by Gasteiger charge is -2.18. The highest BCUT2D eigenvalue weighted by Gasteiger charge is 2.32. The zero-order valence-corrected chi connectivity index (χ0v) is 22.4. The van der Waals surface area contributed by atoms with Gasteiger partial charge in [-0.05, 0) is 48.0 Å². The third kappa shape index (κ3) is 6.98. The summed E-state index contributed by atoms with van der Waals surface area (Å²) in [5.74, 6) is -0.653. The highest BCUT2D eigenvalue weighted by molar-refractivity contribution is 7.92. The fourth-order valence-electron chi connectivity index (χ4n) is 4.17. The summed E-state index contributed by atoms with van der Waals surface area (Å²) < 4.78 is 96.1. The predicted molar refractivity (Wildman–Crippen MR) is 139 cm³/mol. The van der Waals surface area contributed by atoms with E-state index in [1.807, 2.05) is 4.72 Å². The van der Waals surface area contributed by atoms with E-state index in [9.17, 15) is 39.9 Å². The second-order valence-electron chi connectivity index (χ2n) is 8.70. The number of alkyl halides is 3. The minimum absolute atomic E-state index is 0.0336. The molecule has 17 heteroatoms. The van der Waals surface area contributed by atoms with Crippen molar-refractivity contribution in [3.05, 3.63) is 76.5 Å². The average Bonchev–Trinajstić information content (AvgIpc) is 3.09. The Bertz CT molecular complexity index is 1850. The first kappa shape index (κ1) is 29.1. The Hall–Kier alpha value is -3.93. The van der Waals surface area contributed by atoms with Gasteiger partial charge in [-0.1, -0.05) is 0 Å². The van der Waals surface area contributed by atoms with E-state index >= 15 is 0 Å². The van der Waals surface area contributed by atoms with Gasteiger partial charge in [-0.2, -0.15) is 4.72 Å². The molecule has 0 aliphatic rings. The van der Waals surface area contributed by atoms with Crippen molar-refractivity contribution in [3.8, 4) is 16.9 Å². The van der Waals surface area contributed by atoms with Gasteiger partial charge in [0.2, 0.25) is 20.0 Å². The molecule has 3 heterocycles. The van der Waals surface area contributed by atoms with Gasteiger partial charge in [-0.3, -0.25) is 9.52 Å². The van der Waals surface area contributed by atoms with Gasteiger partial charge in [0.1, 0.15) is 11.6 Å². The van der Waals surface area contributed by atoms with Gasteiger partial charge in [0.25, 0.3) is 5.56 Å². The molecule has 4 aromatic rings. The van der Waals surface area contributed by atoms with Crippen molar-refractivity contribution >= 4 is 36.8 Å². The van der Waals surface area contributed by atoms with Crippen molar-refractivity contribution < 1.29 is 39.9 Å². The predicted octanol–water partition coefficient (Wildman–Crippen LogP) is 2.25. The second kappa shape index (κ2) is 10.6. The number of ether oxygens (including phenoxy) is 1. The number of aromatic nitrogens is 3. The molecule has 0 aliphatic carbocycles. The molecule has 0 spiro atoms. The van der Waals surface area contributed by atoms with Crippen molar-refractivity contribution in [1.82, 2.24) is 19.3 Å². The molecule has 1 aromatic carbocycles. The smallest absolute Gasteiger partial charge is 0.406 e. The molecule has 0 aliphatic heterocycles. The van der Waals surface area contributed by atoms with Gasteiger partial charge in [0.15, 0.2) is 6.23 Å². The van der Waals surface area contributed by atoms with E-state index in [1.165, 1.54) is 47.3 Å². The summed E-state index contributed by atoms with van der Waals surface area (Å²) in [7, 11) is -7.71. The maximum Gasteiger partial charge on any atom is 0.573 e. The van der Waals surface area contributed by atoms with Crippen LogP contribution in [0.4, 0.5) is 19.0 Å². The number of anilines is 1. The second-order valence-corrected chi connectivity index (χ2v) is 12.2. The summed E-state index contributed by atoms with van der Waals surface area (Å²) in [4.78, 5) is 19.2. The van der Waals surface area contributed by atoms with Crippen LogP contribution in [0.1, 0.15) is 17.5 Å². The number of rotatable bonds is 9. The number of pyridine rings is 2. The summed E-state index contributed by atoms with van der Waals surface area (Å²) in [5.41, 5.74) is -0.358. The summed E-state index contributed by atoms with van der Waals surface area (Å²) in [5, 5.41) is 11.1. The number of hydrogen-bond donors (Lipinski definition) is 4. The molecule has 0 saturated heterocycles. The minimum atomic E-state index is -5.03. The van der Waals surface area contributed by atoms with Gasteiger partial charge in [0, 0.05) is 41.0 Å². The van der Waals surface area contributed by atoms with Gasteiger partial charge >= 0.3 is 6.36 Å². The molecule has 12 nitrogen and oxygen atoms in total. The van der Waals surface area contributed by atoms with E-state index in [2.05, 4.69) is 19.4 Å². The number of hydrogen-bond acceptors (Lipinski definition) is 8. The van der Waals surface area contributed by atoms with Crippen molar-refractivity contribution in [1.29, 1.82) is 0 Å². The lowest BCUT2D eigenvalue weighted by atomic mass is 10.0. The summed E-state index contributed by atoms with van der Waals surface area (Å²) in [6.07, 6.45) is -2.64. The van der Waals surface area contributed by atoms with Crippen LogP contribution in [0.3, 0.4) is 0 Å². The van der Waals surface area contributed by atoms with Crippen molar-refractivity contribution in [2.24, 2.45) is 0 Å². The van der Waals surface area contributed by atoms with Crippen LogP contribution in [-0.2, 0) is 26.6 Å². The normalized spacial score (nSPS) is 13.3. The topological polar surface area (TPSA) is 172 Å². The van der Waals surface area contributed by atoms with Crippen LogP contribution in [0.15, 0.2) is 59.7 Å². The fraction of sp³-hybridized carbons (Fsp3) is 0.217. The molecule has 4 rings (SSSR count). The number of nitrogens with one attached hydrogen (secondary N) is 3. The first-order valence-electron chi connectivity index (χ1n) is 11.2. The van der Waals surface area contributed by atoms with Crippen LogP contribution >= 0.6 is 0 Å². The van der Waals surface area contributed by atoms with Crippen LogP contribution in [-0.4, -0.2) is 55.4 Å². The largest absolute Gasteiger partial charge is 0.573 e. The van der Waals surface area contributed by atoms with Gasteiger partial charge < -0.3 is 19.4 Å². The third-order valence-corrected chi connectivity index (χ3v) is 6.67. The SMILES string of the molecule is CS(=O)(=O)Nc1cc(Cn2c(C(O)NS(C)(=O)=O)c(-c3ccc[nH]c3=O)c3cc(OC(F)(F)F)ccc32)ccn1. The highest BCUT2D eigenvalue weighted by atomic mass is 32.2. The lowest BCUT2D eigenvalue weighted by Crippen LogP contribution is -2.29. The van der Waals surface area contributed by atoms with Crippen LogP contribution < -0.4 is 19.7 Å². The molecule has 0 saturated carbocycles. The number of sulfonamides is 2. The molecule has 1 unspecified atom stereocenters. The number of fused-ring (bicyclic) bond motifs is 1. The Labute approximate surface area is 225 Å². The first-order chi connectivity index (χ1) is 18.5. The van der Waals surface area contributed by atoms with Gasteiger partial charge in [-0.15, -0.1) is 13.2 Å². The van der Waals surface area contributed by atoms with Gasteiger partial charge in [0.05, 0.1) is 18.2 Å². The minimum Gasteiger partial charge on any atom is -0.406 e. The Kier molecular flexibility index (Phi) is 7.68. The molecule has 0 bridgehead atoms. The zero-order chi connectivity index (χ0) is 29.5. The third-order valence-electron chi connectivity index (χ3n) is 5.44. The molecule has 214 valence electrons. The number of aromatic amines is 1. The number of halogens is 3. The van der Waals surface area contributed by atoms with E-state index in [4.69, 9.17) is 0 Å². The molecule has 0 fully saturated rings. The van der Waals surface area contributed by atoms with Crippen molar-refractivity contribution in [3.63, 3.8) is 0 Å². The zero-order valence-electron chi connectivity index (χ0n) is 20.7. The molecule has 0 radical (unpaired) electrons. The number of aliphatic hydroxyl groups excluding tert-OH is 1. The van der Waals surface area contributed by atoms with Crippen LogP contribution in [0, 0.1) is 0 Å². The van der Waals surface area contributed by atoms with E-state index in [0.29, 0.717) is 5.56 Å². The standard InChI is InChI=1S/C23H22F3N5O7S2/c1-39(34,35)29-18-10-13(7-9-27-18)12-31-17-6-5-14(38-23(24,25)26)11-16(17)19(15-4-3-8-28-21(15)32)20(31)22(33)30-40(2,36)37/h3-11,22,30,33H,12H2,1-2H3,(H,27,29)(H,28,32). The molecule has 0 amide bonds. The lowest BCUT2D eigenvalue weighted by molar-refractivity contribution is -0.274. The number of benzene rings is 1. The van der Waals surface area contributed by atoms with Crippen molar-refractivity contribution in [2.75, 3.05) is 17.2 Å². The van der Waals surface area contributed by atoms with E-state index in [1.54, 1.807) is 0 Å². The molecular weight excluding hydrogens is 579 g/mol. The Morgan fingerprint density at radius 3 is 2.45 bits per heavy atom. The van der Waals surface area contributed by atoms with Gasteiger partial charge in [-0.25, -0.2) is 21.8 Å². The summed E-state index contributed by atoms with van der Waals surface area (Å²) >= 11 is 0. The van der Waals surface area contributed by atoms with E-state index in [0.717, 1.165) is 24.6 Å². The first-order valence-corrected chi connectivity index (χ1v) is 15.0. The van der Waals surface area contributed by atoms with E-state index < -0.39 is 43.9 Å². The van der Waals surface area contributed by atoms with Crippen molar-refractivity contribution in [2.45, 2.75) is 19.1 Å². The highest BCUT2D eigenvalue weighted by Crippen LogP contribution is 2.39. The molecule has 1 atom stereocenters. The molecule has 40 heavy (non-hydrogen) atoms. The Morgan fingerprint density at radius 2 is 1.82 bits per heavy atom. The van der Waals surface area contributed by atoms with E-state index in [-0.39, 0.29) is 40.1 Å². The number of aliphatic hydroxyl groups is 1. The Morgan fingerprint density at radius 1 is 1.10 bits per heavy atom. The summed E-state index contributed by atoms with van der Waals surface area (Å²) in [6.45, 7) is -0.153. The molecular formula is C23H22F3N5O7S2. The number of nitrogens with zero attached hydrogens (tertiary/aromatic N) is 2. The maximum absolute atomic E-state index is 13.0. The number of H-pyrrole nitrogens is 1. The molecule has 4 N–H and O–H groups in total. The van der Waals surface area contributed by atoms with Crippen LogP contribution in [0.5, 0.6) is 5.75 Å². The fourth-order valence-corrected chi connectivity index (χ4v) is 5.18. The monoisotopic (exact) mass is 601 g/mol. The average molecular weight is 602 g/mol. The maximum atomic E-state index is 13.0. The quantitative estimate of drug-likeness (QED) is 0.212. The summed E-state index contributed by atoms with van der Waals surface area (Å²) in [6, 6.07) is 8.98. The van der Waals surface area contributed by atoms with Crippen LogP contribution in [0.25, 0.3) is 22.0 Å². The van der Waals surface area contributed by atoms with Crippen LogP contribution in [0.2, 0.25) is 0 Å².